The molecule has 3 heteroatoms. The van der Waals surface area contributed by atoms with E-state index in [2.05, 4.69) is 29.0 Å². The van der Waals surface area contributed by atoms with Crippen LogP contribution >= 0.6 is 11.8 Å². The van der Waals surface area contributed by atoms with E-state index in [0.29, 0.717) is 0 Å². The smallest absolute Gasteiger partial charge is 0.0191 e. The predicted molar refractivity (Wildman–Crippen MR) is 68.6 cm³/mol. The standard InChI is InChI=1S/C12H24N2S/c1-14(12-6-9-15-10-12)8-3-2-7-13-11-4-5-11/h11-13H,2-10H2,1H3. The molecule has 0 radical (unpaired) electrons. The van der Waals surface area contributed by atoms with Crippen LogP contribution in [-0.2, 0) is 0 Å². The fourth-order valence-electron chi connectivity index (χ4n) is 2.13. The van der Waals surface area contributed by atoms with Crippen molar-refractivity contribution in [2.24, 2.45) is 0 Å². The molecule has 1 aliphatic carbocycles. The van der Waals surface area contributed by atoms with Gasteiger partial charge in [0.25, 0.3) is 0 Å². The third kappa shape index (κ3) is 4.33. The molecule has 15 heavy (non-hydrogen) atoms. The van der Waals surface area contributed by atoms with E-state index in [4.69, 9.17) is 0 Å². The first-order valence-electron chi connectivity index (χ1n) is 6.37. The fraction of sp³-hybridized carbons (Fsp3) is 1.00. The molecule has 1 saturated carbocycles. The molecule has 0 aromatic heterocycles. The monoisotopic (exact) mass is 228 g/mol. The molecule has 0 aromatic rings. The summed E-state index contributed by atoms with van der Waals surface area (Å²) in [5, 5.41) is 3.58. The lowest BCUT2D eigenvalue weighted by Crippen LogP contribution is -2.32. The lowest BCUT2D eigenvalue weighted by molar-refractivity contribution is 0.257. The van der Waals surface area contributed by atoms with Crippen LogP contribution in [0.1, 0.15) is 32.1 Å². The van der Waals surface area contributed by atoms with Gasteiger partial charge in [-0.2, -0.15) is 11.8 Å². The maximum Gasteiger partial charge on any atom is 0.0191 e. The molecule has 0 aromatic carbocycles. The van der Waals surface area contributed by atoms with Gasteiger partial charge in [-0.1, -0.05) is 0 Å². The van der Waals surface area contributed by atoms with Gasteiger partial charge in [0.15, 0.2) is 0 Å². The zero-order chi connectivity index (χ0) is 10.5. The number of rotatable bonds is 7. The van der Waals surface area contributed by atoms with Crippen molar-refractivity contribution in [2.45, 2.75) is 44.2 Å². The van der Waals surface area contributed by atoms with Crippen molar-refractivity contribution < 1.29 is 0 Å². The quantitative estimate of drug-likeness (QED) is 0.671. The molecule has 1 unspecified atom stereocenters. The number of nitrogens with zero attached hydrogens (tertiary/aromatic N) is 1. The first kappa shape index (κ1) is 11.7. The van der Waals surface area contributed by atoms with E-state index in [1.54, 1.807) is 0 Å². The van der Waals surface area contributed by atoms with Gasteiger partial charge < -0.3 is 10.2 Å². The third-order valence-electron chi connectivity index (χ3n) is 3.48. The van der Waals surface area contributed by atoms with Gasteiger partial charge >= 0.3 is 0 Å². The average Bonchev–Trinajstić information content (AvgIpc) is 2.90. The largest absolute Gasteiger partial charge is 0.314 e. The fourth-order valence-corrected chi connectivity index (χ4v) is 3.43. The van der Waals surface area contributed by atoms with E-state index in [0.717, 1.165) is 12.1 Å². The van der Waals surface area contributed by atoms with Gasteiger partial charge in [-0.05, 0) is 58.0 Å². The maximum atomic E-state index is 3.58. The van der Waals surface area contributed by atoms with Crippen LogP contribution in [0.4, 0.5) is 0 Å². The van der Waals surface area contributed by atoms with E-state index < -0.39 is 0 Å². The number of hydrogen-bond donors (Lipinski definition) is 1. The Balaban J connectivity index is 1.45. The Bertz CT molecular complexity index is 176. The van der Waals surface area contributed by atoms with Crippen LogP contribution in [0.5, 0.6) is 0 Å². The van der Waals surface area contributed by atoms with Gasteiger partial charge in [0, 0.05) is 17.8 Å². The molecule has 0 bridgehead atoms. The number of thioether (sulfide) groups is 1. The molecular formula is C12H24N2S. The van der Waals surface area contributed by atoms with Gasteiger partial charge in [0.2, 0.25) is 0 Å². The normalized spacial score (nSPS) is 26.4. The van der Waals surface area contributed by atoms with Gasteiger partial charge in [-0.15, -0.1) is 0 Å². The number of hydrogen-bond acceptors (Lipinski definition) is 3. The molecule has 2 nitrogen and oxygen atoms in total. The second-order valence-electron chi connectivity index (χ2n) is 4.93. The minimum atomic E-state index is 0.867. The van der Waals surface area contributed by atoms with Gasteiger partial charge in [-0.3, -0.25) is 0 Å². The third-order valence-corrected chi connectivity index (χ3v) is 4.62. The van der Waals surface area contributed by atoms with Gasteiger partial charge in [0.05, 0.1) is 0 Å². The van der Waals surface area contributed by atoms with Crippen molar-refractivity contribution in [1.82, 2.24) is 10.2 Å². The highest BCUT2D eigenvalue weighted by Gasteiger charge is 2.20. The molecule has 0 spiro atoms. The highest BCUT2D eigenvalue weighted by Crippen LogP contribution is 2.21. The number of nitrogens with one attached hydrogen (secondary N) is 1. The Kier molecular flexibility index (Phi) is 4.79. The Morgan fingerprint density at radius 1 is 1.27 bits per heavy atom. The molecular weight excluding hydrogens is 204 g/mol. The zero-order valence-electron chi connectivity index (χ0n) is 9.87. The van der Waals surface area contributed by atoms with Crippen LogP contribution in [-0.4, -0.2) is 48.6 Å². The van der Waals surface area contributed by atoms with Crippen LogP contribution in [0.3, 0.4) is 0 Å². The Hall–Kier alpha value is 0.270. The second-order valence-corrected chi connectivity index (χ2v) is 6.08. The topological polar surface area (TPSA) is 15.3 Å². The highest BCUT2D eigenvalue weighted by atomic mass is 32.2. The molecule has 1 saturated heterocycles. The van der Waals surface area contributed by atoms with E-state index in [1.165, 1.54) is 56.7 Å². The lowest BCUT2D eigenvalue weighted by atomic mass is 10.2. The Morgan fingerprint density at radius 3 is 2.80 bits per heavy atom. The van der Waals surface area contributed by atoms with Crippen LogP contribution in [0.2, 0.25) is 0 Å². The van der Waals surface area contributed by atoms with Crippen molar-refractivity contribution in [1.29, 1.82) is 0 Å². The molecule has 0 amide bonds. The van der Waals surface area contributed by atoms with Crippen molar-refractivity contribution in [3.8, 4) is 0 Å². The van der Waals surface area contributed by atoms with E-state index in [-0.39, 0.29) is 0 Å². The first-order valence-corrected chi connectivity index (χ1v) is 7.53. The summed E-state index contributed by atoms with van der Waals surface area (Å²) in [5.74, 6) is 2.73. The Morgan fingerprint density at radius 2 is 2.13 bits per heavy atom. The average molecular weight is 228 g/mol. The summed E-state index contributed by atoms with van der Waals surface area (Å²) < 4.78 is 0. The minimum absolute atomic E-state index is 0.867. The molecule has 1 aliphatic heterocycles. The van der Waals surface area contributed by atoms with Crippen LogP contribution in [0.15, 0.2) is 0 Å². The molecule has 88 valence electrons. The van der Waals surface area contributed by atoms with Gasteiger partial charge in [0.1, 0.15) is 0 Å². The van der Waals surface area contributed by atoms with E-state index in [9.17, 15) is 0 Å². The lowest BCUT2D eigenvalue weighted by Gasteiger charge is -2.23. The molecule has 2 fully saturated rings. The summed E-state index contributed by atoms with van der Waals surface area (Å²) >= 11 is 2.11. The summed E-state index contributed by atoms with van der Waals surface area (Å²) in [7, 11) is 2.30. The van der Waals surface area contributed by atoms with Crippen LogP contribution in [0.25, 0.3) is 0 Å². The maximum absolute atomic E-state index is 3.58. The van der Waals surface area contributed by atoms with Crippen molar-refractivity contribution in [3.05, 3.63) is 0 Å². The Labute approximate surface area is 98.2 Å². The highest BCUT2D eigenvalue weighted by molar-refractivity contribution is 7.99. The van der Waals surface area contributed by atoms with Gasteiger partial charge in [-0.25, -0.2) is 0 Å². The van der Waals surface area contributed by atoms with E-state index >= 15 is 0 Å². The zero-order valence-corrected chi connectivity index (χ0v) is 10.7. The second kappa shape index (κ2) is 6.12. The molecule has 1 N–H and O–H groups in total. The first-order chi connectivity index (χ1) is 7.36. The summed E-state index contributed by atoms with van der Waals surface area (Å²) in [6.45, 7) is 2.52. The van der Waals surface area contributed by atoms with E-state index in [1.807, 2.05) is 0 Å². The van der Waals surface area contributed by atoms with Crippen molar-refractivity contribution >= 4 is 11.8 Å². The molecule has 2 rings (SSSR count). The van der Waals surface area contributed by atoms with Crippen molar-refractivity contribution in [2.75, 3.05) is 31.6 Å². The molecule has 1 heterocycles. The van der Waals surface area contributed by atoms with Crippen LogP contribution in [0, 0.1) is 0 Å². The summed E-state index contributed by atoms with van der Waals surface area (Å²) in [6.07, 6.45) is 6.94. The molecule has 2 aliphatic rings. The predicted octanol–water partition coefficient (Wildman–Crippen LogP) is 1.96. The van der Waals surface area contributed by atoms with Crippen molar-refractivity contribution in [3.63, 3.8) is 0 Å². The summed E-state index contributed by atoms with van der Waals surface area (Å²) in [4.78, 5) is 2.57. The SMILES string of the molecule is CN(CCCCNC1CC1)C1CCSC1. The summed E-state index contributed by atoms with van der Waals surface area (Å²) in [5.41, 5.74) is 0. The number of unbranched alkanes of at least 4 members (excludes halogenated alkanes) is 1. The summed E-state index contributed by atoms with van der Waals surface area (Å²) in [6, 6.07) is 1.75. The molecule has 1 atom stereocenters. The van der Waals surface area contributed by atoms with Crippen LogP contribution < -0.4 is 5.32 Å². The minimum Gasteiger partial charge on any atom is -0.314 e.